The molecule has 6 heteroatoms. The van der Waals surface area contributed by atoms with Gasteiger partial charge < -0.3 is 5.32 Å². The Morgan fingerprint density at radius 1 is 1.35 bits per heavy atom. The molecule has 2 rings (SSSR count). The molecule has 0 atom stereocenters. The number of nitrogens with zero attached hydrogens (tertiary/aromatic N) is 4. The summed E-state index contributed by atoms with van der Waals surface area (Å²) in [6, 6.07) is 1.93. The zero-order valence-corrected chi connectivity index (χ0v) is 13.9. The third-order valence-electron chi connectivity index (χ3n) is 2.81. The Hall–Kier alpha value is -1.43. The van der Waals surface area contributed by atoms with Crippen molar-refractivity contribution in [1.82, 2.24) is 19.7 Å². The number of rotatable bonds is 5. The van der Waals surface area contributed by atoms with E-state index in [1.807, 2.05) is 19.3 Å². The van der Waals surface area contributed by atoms with Gasteiger partial charge in [0.15, 0.2) is 5.82 Å². The number of anilines is 1. The van der Waals surface area contributed by atoms with Crippen molar-refractivity contribution < 1.29 is 0 Å². The Morgan fingerprint density at radius 2 is 2.10 bits per heavy atom. The molecule has 1 N–H and O–H groups in total. The molecule has 5 nitrogen and oxygen atoms in total. The van der Waals surface area contributed by atoms with E-state index in [4.69, 9.17) is 0 Å². The highest BCUT2D eigenvalue weighted by Crippen LogP contribution is 2.28. The fourth-order valence-corrected chi connectivity index (χ4v) is 2.43. The Bertz CT molecular complexity index is 591. The van der Waals surface area contributed by atoms with Gasteiger partial charge in [0, 0.05) is 19.8 Å². The highest BCUT2D eigenvalue weighted by Gasteiger charge is 2.15. The van der Waals surface area contributed by atoms with Gasteiger partial charge in [0.2, 0.25) is 0 Å². The predicted molar refractivity (Wildman–Crippen MR) is 84.6 cm³/mol. The molecule has 2 heterocycles. The lowest BCUT2D eigenvalue weighted by Crippen LogP contribution is -2.08. The normalized spacial score (nSPS) is 11.1. The van der Waals surface area contributed by atoms with Crippen molar-refractivity contribution in [1.29, 1.82) is 0 Å². The van der Waals surface area contributed by atoms with Crippen LogP contribution in [0.4, 0.5) is 5.82 Å². The summed E-state index contributed by atoms with van der Waals surface area (Å²) in [5, 5.41) is 7.65. The minimum Gasteiger partial charge on any atom is -0.369 e. The largest absolute Gasteiger partial charge is 0.369 e. The molecule has 0 radical (unpaired) electrons. The molecule has 2 aromatic heterocycles. The van der Waals surface area contributed by atoms with Crippen LogP contribution in [0.5, 0.6) is 0 Å². The van der Waals surface area contributed by atoms with Crippen molar-refractivity contribution in [2.24, 2.45) is 13.0 Å². The number of aromatic nitrogens is 4. The second-order valence-corrected chi connectivity index (χ2v) is 5.95. The minimum absolute atomic E-state index is 0.534. The number of hydrogen-bond acceptors (Lipinski definition) is 4. The van der Waals surface area contributed by atoms with E-state index in [9.17, 15) is 0 Å². The Kier molecular flexibility index (Phi) is 4.75. The molecule has 0 spiro atoms. The van der Waals surface area contributed by atoms with Crippen molar-refractivity contribution in [3.8, 4) is 11.5 Å². The summed E-state index contributed by atoms with van der Waals surface area (Å²) in [4.78, 5) is 9.23. The summed E-state index contributed by atoms with van der Waals surface area (Å²) in [6.45, 7) is 7.24. The first-order valence-electron chi connectivity index (χ1n) is 6.81. The average Bonchev–Trinajstić information content (AvgIpc) is 2.80. The molecule has 0 aromatic carbocycles. The molecule has 0 saturated carbocycles. The SMILES string of the molecule is CCNc1nc(-c2ccn(C)n2)nc(CC(C)C)c1Br. The quantitative estimate of drug-likeness (QED) is 0.909. The van der Waals surface area contributed by atoms with E-state index < -0.39 is 0 Å². The molecule has 0 amide bonds. The molecule has 0 unspecified atom stereocenters. The van der Waals surface area contributed by atoms with Gasteiger partial charge in [-0.1, -0.05) is 13.8 Å². The third kappa shape index (κ3) is 3.36. The molecule has 0 saturated heterocycles. The van der Waals surface area contributed by atoms with E-state index >= 15 is 0 Å². The molecule has 2 aromatic rings. The second kappa shape index (κ2) is 6.35. The Labute approximate surface area is 128 Å². The smallest absolute Gasteiger partial charge is 0.182 e. The monoisotopic (exact) mass is 337 g/mol. The van der Waals surface area contributed by atoms with E-state index in [2.05, 4.69) is 57.1 Å². The predicted octanol–water partition coefficient (Wildman–Crippen LogP) is 3.27. The summed E-state index contributed by atoms with van der Waals surface area (Å²) in [5.41, 5.74) is 1.82. The van der Waals surface area contributed by atoms with Crippen molar-refractivity contribution in [3.63, 3.8) is 0 Å². The van der Waals surface area contributed by atoms with E-state index in [0.717, 1.165) is 34.6 Å². The van der Waals surface area contributed by atoms with Crippen molar-refractivity contribution in [2.45, 2.75) is 27.2 Å². The molecule has 0 aliphatic heterocycles. The van der Waals surface area contributed by atoms with E-state index in [0.29, 0.717) is 11.7 Å². The summed E-state index contributed by atoms with van der Waals surface area (Å²) in [7, 11) is 1.89. The summed E-state index contributed by atoms with van der Waals surface area (Å²) in [6.07, 6.45) is 2.80. The lowest BCUT2D eigenvalue weighted by molar-refractivity contribution is 0.632. The molecule has 108 valence electrons. The van der Waals surface area contributed by atoms with Crippen LogP contribution in [0.15, 0.2) is 16.7 Å². The Morgan fingerprint density at radius 3 is 2.65 bits per heavy atom. The maximum Gasteiger partial charge on any atom is 0.182 e. The van der Waals surface area contributed by atoms with Gasteiger partial charge in [-0.2, -0.15) is 5.10 Å². The van der Waals surface area contributed by atoms with Crippen LogP contribution in [-0.2, 0) is 13.5 Å². The van der Waals surface area contributed by atoms with Gasteiger partial charge in [-0.05, 0) is 41.3 Å². The molecule has 0 aliphatic rings. The topological polar surface area (TPSA) is 55.6 Å². The first-order valence-corrected chi connectivity index (χ1v) is 7.60. The van der Waals surface area contributed by atoms with Gasteiger partial charge in [0.1, 0.15) is 11.5 Å². The van der Waals surface area contributed by atoms with Crippen molar-refractivity contribution in [3.05, 3.63) is 22.4 Å². The van der Waals surface area contributed by atoms with Gasteiger partial charge >= 0.3 is 0 Å². The van der Waals surface area contributed by atoms with Crippen LogP contribution < -0.4 is 5.32 Å². The number of halogens is 1. The molecule has 0 bridgehead atoms. The Balaban J connectivity index is 2.49. The minimum atomic E-state index is 0.534. The van der Waals surface area contributed by atoms with Crippen LogP contribution in [0, 0.1) is 5.92 Å². The van der Waals surface area contributed by atoms with Gasteiger partial charge in [0.25, 0.3) is 0 Å². The molecular formula is C14H20BrN5. The van der Waals surface area contributed by atoms with Crippen molar-refractivity contribution >= 4 is 21.7 Å². The molecule has 20 heavy (non-hydrogen) atoms. The zero-order chi connectivity index (χ0) is 14.7. The average molecular weight is 338 g/mol. The highest BCUT2D eigenvalue weighted by atomic mass is 79.9. The standard InChI is InChI=1S/C14H20BrN5/c1-5-16-14-12(15)11(8-9(2)3)17-13(18-14)10-6-7-20(4)19-10/h6-7,9H,5,8H2,1-4H3,(H,16,17,18). The van der Waals surface area contributed by atoms with Crippen LogP contribution in [0.25, 0.3) is 11.5 Å². The van der Waals surface area contributed by atoms with E-state index in [-0.39, 0.29) is 0 Å². The highest BCUT2D eigenvalue weighted by molar-refractivity contribution is 9.10. The lowest BCUT2D eigenvalue weighted by Gasteiger charge is -2.12. The molecule has 0 fully saturated rings. The lowest BCUT2D eigenvalue weighted by atomic mass is 10.1. The van der Waals surface area contributed by atoms with Gasteiger partial charge in [-0.25, -0.2) is 9.97 Å². The first kappa shape index (κ1) is 15.0. The molecular weight excluding hydrogens is 318 g/mol. The van der Waals surface area contributed by atoms with Crippen LogP contribution in [0.3, 0.4) is 0 Å². The van der Waals surface area contributed by atoms with Crippen LogP contribution in [0.2, 0.25) is 0 Å². The van der Waals surface area contributed by atoms with Gasteiger partial charge in [0.05, 0.1) is 10.2 Å². The van der Waals surface area contributed by atoms with Crippen molar-refractivity contribution in [2.75, 3.05) is 11.9 Å². The number of nitrogens with one attached hydrogen (secondary N) is 1. The van der Waals surface area contributed by atoms with Gasteiger partial charge in [-0.15, -0.1) is 0 Å². The maximum atomic E-state index is 4.67. The number of aryl methyl sites for hydroxylation is 1. The first-order chi connectivity index (χ1) is 9.51. The third-order valence-corrected chi connectivity index (χ3v) is 3.64. The van der Waals surface area contributed by atoms with Crippen LogP contribution >= 0.6 is 15.9 Å². The number of hydrogen-bond donors (Lipinski definition) is 1. The molecule has 0 aliphatic carbocycles. The fourth-order valence-electron chi connectivity index (χ4n) is 1.95. The second-order valence-electron chi connectivity index (χ2n) is 5.16. The van der Waals surface area contributed by atoms with Crippen LogP contribution in [-0.4, -0.2) is 26.3 Å². The zero-order valence-electron chi connectivity index (χ0n) is 12.3. The van der Waals surface area contributed by atoms with E-state index in [1.165, 1.54) is 0 Å². The summed E-state index contributed by atoms with van der Waals surface area (Å²) < 4.78 is 2.71. The van der Waals surface area contributed by atoms with E-state index in [1.54, 1.807) is 4.68 Å². The summed E-state index contributed by atoms with van der Waals surface area (Å²) >= 11 is 3.61. The van der Waals surface area contributed by atoms with Crippen LogP contribution in [0.1, 0.15) is 26.5 Å². The fraction of sp³-hybridized carbons (Fsp3) is 0.500. The maximum absolute atomic E-state index is 4.67. The summed E-state index contributed by atoms with van der Waals surface area (Å²) in [5.74, 6) is 2.03. The van der Waals surface area contributed by atoms with Gasteiger partial charge in [-0.3, -0.25) is 4.68 Å².